The largest absolute Gasteiger partial charge is 0.481 e. The average Bonchev–Trinajstić information content (AvgIpc) is 2.94. The van der Waals surface area contributed by atoms with Crippen molar-refractivity contribution in [2.45, 2.75) is 45.4 Å². The third-order valence-corrected chi connectivity index (χ3v) is 6.49. The Kier molecular flexibility index (Phi) is 9.49. The van der Waals surface area contributed by atoms with E-state index in [1.54, 1.807) is 12.4 Å². The minimum Gasteiger partial charge on any atom is -0.481 e. The molecule has 0 bridgehead atoms. The Balaban J connectivity index is 1.45. The van der Waals surface area contributed by atoms with Gasteiger partial charge in [0, 0.05) is 50.7 Å². The lowest BCUT2D eigenvalue weighted by Gasteiger charge is -2.36. The van der Waals surface area contributed by atoms with Crippen molar-refractivity contribution in [1.82, 2.24) is 19.9 Å². The fraction of sp³-hybridized carbons (Fsp3) is 0.393. The molecule has 2 aromatic heterocycles. The number of carbonyl (C=O) groups is 2. The number of rotatable bonds is 11. The molecule has 1 unspecified atom stereocenters. The van der Waals surface area contributed by atoms with E-state index in [0.717, 1.165) is 36.5 Å². The summed E-state index contributed by atoms with van der Waals surface area (Å²) in [5, 5.41) is 12.0. The highest BCUT2D eigenvalue weighted by Crippen LogP contribution is 2.21. The summed E-state index contributed by atoms with van der Waals surface area (Å²) in [6.07, 6.45) is 3.96. The third-order valence-electron chi connectivity index (χ3n) is 6.49. The second-order valence-electron chi connectivity index (χ2n) is 9.44. The van der Waals surface area contributed by atoms with Crippen LogP contribution in [0.4, 0.5) is 16.4 Å². The molecule has 3 heterocycles. The molecule has 1 atom stereocenters. The van der Waals surface area contributed by atoms with Crippen molar-refractivity contribution in [3.63, 3.8) is 0 Å². The SMILES string of the molecule is CCCc1cn(CC(CC(=O)O)NC(=O)OCc2ccccc2)c(=O)nc1N1CCN(c2ccccn2)CC1. The minimum absolute atomic E-state index is 0.0387. The fourth-order valence-corrected chi connectivity index (χ4v) is 4.61. The molecular formula is C28H34N6O5. The van der Waals surface area contributed by atoms with Crippen molar-refractivity contribution in [3.05, 3.63) is 82.5 Å². The fourth-order valence-electron chi connectivity index (χ4n) is 4.61. The van der Waals surface area contributed by atoms with Crippen LogP contribution >= 0.6 is 0 Å². The summed E-state index contributed by atoms with van der Waals surface area (Å²) in [5.41, 5.74) is 1.22. The molecule has 206 valence electrons. The molecule has 0 spiro atoms. The predicted molar refractivity (Wildman–Crippen MR) is 147 cm³/mol. The number of anilines is 2. The van der Waals surface area contributed by atoms with E-state index >= 15 is 0 Å². The molecule has 2 N–H and O–H groups in total. The maximum Gasteiger partial charge on any atom is 0.407 e. The number of hydrogen-bond donors (Lipinski definition) is 2. The normalized spacial score (nSPS) is 14.1. The van der Waals surface area contributed by atoms with Crippen LogP contribution in [-0.2, 0) is 29.1 Å². The molecule has 4 rings (SSSR count). The molecule has 1 aliphatic heterocycles. The van der Waals surface area contributed by atoms with Gasteiger partial charge in [0.2, 0.25) is 0 Å². The number of aromatic nitrogens is 3. The van der Waals surface area contributed by atoms with Crippen LogP contribution in [0.25, 0.3) is 0 Å². The predicted octanol–water partition coefficient (Wildman–Crippen LogP) is 2.69. The number of nitrogens with one attached hydrogen (secondary N) is 1. The molecular weight excluding hydrogens is 500 g/mol. The van der Waals surface area contributed by atoms with Gasteiger partial charge in [-0.3, -0.25) is 9.36 Å². The number of carbonyl (C=O) groups excluding carboxylic acids is 1. The van der Waals surface area contributed by atoms with Crippen LogP contribution in [0.3, 0.4) is 0 Å². The van der Waals surface area contributed by atoms with Crippen LogP contribution < -0.4 is 20.8 Å². The van der Waals surface area contributed by atoms with Gasteiger partial charge >= 0.3 is 17.8 Å². The van der Waals surface area contributed by atoms with E-state index in [0.29, 0.717) is 25.3 Å². The van der Waals surface area contributed by atoms with Crippen LogP contribution in [0, 0.1) is 0 Å². The summed E-state index contributed by atoms with van der Waals surface area (Å²) >= 11 is 0. The molecule has 1 fully saturated rings. The van der Waals surface area contributed by atoms with Gasteiger partial charge in [-0.1, -0.05) is 49.7 Å². The molecule has 0 saturated carbocycles. The summed E-state index contributed by atoms with van der Waals surface area (Å²) in [7, 11) is 0. The molecule has 3 aromatic rings. The lowest BCUT2D eigenvalue weighted by molar-refractivity contribution is -0.137. The quantitative estimate of drug-likeness (QED) is 0.381. The Bertz CT molecular complexity index is 1290. The van der Waals surface area contributed by atoms with Gasteiger partial charge in [0.25, 0.3) is 0 Å². The Morgan fingerprint density at radius 2 is 1.77 bits per heavy atom. The van der Waals surface area contributed by atoms with E-state index in [4.69, 9.17) is 4.74 Å². The van der Waals surface area contributed by atoms with E-state index in [2.05, 4.69) is 32.0 Å². The van der Waals surface area contributed by atoms with Gasteiger partial charge in [-0.2, -0.15) is 4.98 Å². The number of aryl methyl sites for hydroxylation is 1. The number of piperazine rings is 1. The highest BCUT2D eigenvalue weighted by atomic mass is 16.5. The first-order chi connectivity index (χ1) is 18.9. The topological polar surface area (TPSA) is 130 Å². The van der Waals surface area contributed by atoms with Crippen LogP contribution in [0.5, 0.6) is 0 Å². The number of nitrogens with zero attached hydrogens (tertiary/aromatic N) is 5. The molecule has 1 aromatic carbocycles. The number of ether oxygens (including phenoxy) is 1. The molecule has 11 nitrogen and oxygen atoms in total. The second-order valence-corrected chi connectivity index (χ2v) is 9.44. The Morgan fingerprint density at radius 3 is 2.44 bits per heavy atom. The molecule has 1 aliphatic rings. The van der Waals surface area contributed by atoms with Gasteiger partial charge in [0.15, 0.2) is 0 Å². The van der Waals surface area contributed by atoms with Gasteiger partial charge < -0.3 is 25.0 Å². The third kappa shape index (κ3) is 7.79. The Labute approximate surface area is 227 Å². The summed E-state index contributed by atoms with van der Waals surface area (Å²) in [5.74, 6) is 0.484. The first-order valence-electron chi connectivity index (χ1n) is 13.1. The summed E-state index contributed by atoms with van der Waals surface area (Å²) in [6.45, 7) is 4.96. The summed E-state index contributed by atoms with van der Waals surface area (Å²) < 4.78 is 6.63. The van der Waals surface area contributed by atoms with Gasteiger partial charge in [0.05, 0.1) is 12.5 Å². The van der Waals surface area contributed by atoms with E-state index in [1.807, 2.05) is 48.5 Å². The Morgan fingerprint density at radius 1 is 1.05 bits per heavy atom. The molecule has 11 heteroatoms. The zero-order valence-electron chi connectivity index (χ0n) is 22.0. The summed E-state index contributed by atoms with van der Waals surface area (Å²) in [6, 6.07) is 14.2. The molecule has 0 radical (unpaired) electrons. The van der Waals surface area contributed by atoms with Crippen molar-refractivity contribution in [2.75, 3.05) is 36.0 Å². The number of amides is 1. The van der Waals surface area contributed by atoms with E-state index < -0.39 is 23.8 Å². The van der Waals surface area contributed by atoms with Crippen LogP contribution in [-0.4, -0.2) is 63.9 Å². The molecule has 0 aliphatic carbocycles. The number of aliphatic carboxylic acids is 1. The highest BCUT2D eigenvalue weighted by molar-refractivity contribution is 5.71. The van der Waals surface area contributed by atoms with Crippen molar-refractivity contribution in [3.8, 4) is 0 Å². The van der Waals surface area contributed by atoms with Crippen molar-refractivity contribution >= 4 is 23.7 Å². The van der Waals surface area contributed by atoms with Gasteiger partial charge in [-0.25, -0.2) is 14.6 Å². The van der Waals surface area contributed by atoms with Crippen LogP contribution in [0.15, 0.2) is 65.7 Å². The number of hydrogen-bond acceptors (Lipinski definition) is 8. The van der Waals surface area contributed by atoms with Crippen LogP contribution in [0.2, 0.25) is 0 Å². The number of benzene rings is 1. The maximum absolute atomic E-state index is 13.1. The number of carboxylic acid groups (broad SMARTS) is 1. The van der Waals surface area contributed by atoms with E-state index in [9.17, 15) is 19.5 Å². The van der Waals surface area contributed by atoms with E-state index in [-0.39, 0.29) is 19.6 Å². The molecule has 39 heavy (non-hydrogen) atoms. The zero-order chi connectivity index (χ0) is 27.6. The monoisotopic (exact) mass is 534 g/mol. The van der Waals surface area contributed by atoms with Crippen molar-refractivity contribution < 1.29 is 19.4 Å². The lowest BCUT2D eigenvalue weighted by Crippen LogP contribution is -2.48. The first-order valence-corrected chi connectivity index (χ1v) is 13.1. The number of carboxylic acids is 1. The van der Waals surface area contributed by atoms with Crippen LogP contribution in [0.1, 0.15) is 30.9 Å². The maximum atomic E-state index is 13.1. The minimum atomic E-state index is -1.10. The average molecular weight is 535 g/mol. The van der Waals surface area contributed by atoms with Crippen molar-refractivity contribution in [1.29, 1.82) is 0 Å². The lowest BCUT2D eigenvalue weighted by atomic mass is 10.1. The standard InChI is InChI=1S/C28H34N6O5/c1-2-8-22-18-34(19-23(17-25(35)36)30-28(38)39-20-21-9-4-3-5-10-21)27(37)31-26(22)33-15-13-32(14-16-33)24-11-6-7-12-29-24/h3-7,9-12,18,23H,2,8,13-17,19-20H2,1H3,(H,30,38)(H,35,36). The smallest absolute Gasteiger partial charge is 0.407 e. The van der Waals surface area contributed by atoms with Gasteiger partial charge in [-0.15, -0.1) is 0 Å². The first kappa shape index (κ1) is 27.6. The van der Waals surface area contributed by atoms with Crippen molar-refractivity contribution in [2.24, 2.45) is 0 Å². The molecule has 1 saturated heterocycles. The van der Waals surface area contributed by atoms with E-state index in [1.165, 1.54) is 4.57 Å². The summed E-state index contributed by atoms with van der Waals surface area (Å²) in [4.78, 5) is 50.1. The van der Waals surface area contributed by atoms with Gasteiger partial charge in [-0.05, 0) is 24.1 Å². The second kappa shape index (κ2) is 13.4. The number of alkyl carbamates (subject to hydrolysis) is 1. The molecule has 1 amide bonds. The zero-order valence-corrected chi connectivity index (χ0v) is 22.0. The number of pyridine rings is 1. The highest BCUT2D eigenvalue weighted by Gasteiger charge is 2.24. The van der Waals surface area contributed by atoms with Gasteiger partial charge in [0.1, 0.15) is 18.2 Å². The Hall–Kier alpha value is -4.41.